The Kier molecular flexibility index (Phi) is 3.86. The molecule has 0 aliphatic carbocycles. The fourth-order valence-corrected chi connectivity index (χ4v) is 1.04. The van der Waals surface area contributed by atoms with Gasteiger partial charge in [-0.05, 0) is 6.07 Å². The number of carbonyl (C=O) groups excluding carboxylic acids is 1. The van der Waals surface area contributed by atoms with Crippen molar-refractivity contribution in [1.29, 1.82) is 5.26 Å². The molecule has 18 heavy (non-hydrogen) atoms. The number of nitrogens with zero attached hydrogens (tertiary/aromatic N) is 1. The van der Waals surface area contributed by atoms with Gasteiger partial charge in [0.1, 0.15) is 17.7 Å². The predicted molar refractivity (Wildman–Crippen MR) is 62.3 cm³/mol. The van der Waals surface area contributed by atoms with Gasteiger partial charge in [0.25, 0.3) is 0 Å². The molecular formula is C12H13F2N3O. The number of benzene rings is 1. The number of carbonyl (C=O) groups is 1. The number of halogens is 2. The number of hydrogen-bond donors (Lipinski definition) is 2. The molecule has 0 saturated heterocycles. The fraction of sp³-hybridized carbons (Fsp3) is 0.333. The average Bonchev–Trinajstić information content (AvgIpc) is 2.27. The van der Waals surface area contributed by atoms with Crippen molar-refractivity contribution in [2.45, 2.75) is 20.8 Å². The summed E-state index contributed by atoms with van der Waals surface area (Å²) >= 11 is 0. The molecule has 0 spiro atoms. The molecule has 0 heterocycles. The lowest BCUT2D eigenvalue weighted by Gasteiger charge is -2.18. The number of rotatable bonds is 2. The molecule has 2 N–H and O–H groups in total. The smallest absolute Gasteiger partial charge is 0.243 e. The second-order valence-electron chi connectivity index (χ2n) is 4.75. The van der Waals surface area contributed by atoms with Crippen LogP contribution in [0, 0.1) is 28.4 Å². The highest BCUT2D eigenvalue weighted by molar-refractivity contribution is 5.82. The van der Waals surface area contributed by atoms with Crippen LogP contribution in [0.5, 0.6) is 0 Å². The summed E-state index contributed by atoms with van der Waals surface area (Å²) in [4.78, 5) is 11.5. The van der Waals surface area contributed by atoms with E-state index in [9.17, 15) is 13.6 Å². The van der Waals surface area contributed by atoms with E-state index >= 15 is 0 Å². The monoisotopic (exact) mass is 253 g/mol. The molecule has 96 valence electrons. The number of nitriles is 1. The maximum absolute atomic E-state index is 13.4. The first kappa shape index (κ1) is 13.9. The van der Waals surface area contributed by atoms with E-state index in [4.69, 9.17) is 5.26 Å². The Bertz CT molecular complexity index is 515. The molecule has 0 unspecified atom stereocenters. The van der Waals surface area contributed by atoms with Gasteiger partial charge < -0.3 is 0 Å². The number of anilines is 1. The molecule has 1 rings (SSSR count). The zero-order valence-corrected chi connectivity index (χ0v) is 10.3. The normalized spacial score (nSPS) is 10.7. The first-order chi connectivity index (χ1) is 8.25. The van der Waals surface area contributed by atoms with Gasteiger partial charge in [0, 0.05) is 11.5 Å². The van der Waals surface area contributed by atoms with Gasteiger partial charge in [-0.25, -0.2) is 8.78 Å². The first-order valence-electron chi connectivity index (χ1n) is 5.21. The lowest BCUT2D eigenvalue weighted by molar-refractivity contribution is -0.127. The average molecular weight is 253 g/mol. The van der Waals surface area contributed by atoms with Crippen LogP contribution >= 0.6 is 0 Å². The van der Waals surface area contributed by atoms with Gasteiger partial charge in [0.05, 0.1) is 11.3 Å². The molecule has 0 radical (unpaired) electrons. The Hall–Kier alpha value is -2.16. The maximum Gasteiger partial charge on any atom is 0.243 e. The predicted octanol–water partition coefficient (Wildman–Crippen LogP) is 2.33. The molecule has 0 fully saturated rings. The first-order valence-corrected chi connectivity index (χ1v) is 5.21. The van der Waals surface area contributed by atoms with E-state index < -0.39 is 17.0 Å². The van der Waals surface area contributed by atoms with Crippen LogP contribution in [0.4, 0.5) is 14.5 Å². The van der Waals surface area contributed by atoms with Gasteiger partial charge >= 0.3 is 0 Å². The zero-order chi connectivity index (χ0) is 13.9. The Labute approximate surface area is 104 Å². The van der Waals surface area contributed by atoms with Crippen LogP contribution in [-0.2, 0) is 4.79 Å². The zero-order valence-electron chi connectivity index (χ0n) is 10.3. The summed E-state index contributed by atoms with van der Waals surface area (Å²) in [7, 11) is 0. The second kappa shape index (κ2) is 5.00. The third-order valence-corrected chi connectivity index (χ3v) is 2.17. The summed E-state index contributed by atoms with van der Waals surface area (Å²) in [6.45, 7) is 5.04. The minimum atomic E-state index is -0.855. The highest BCUT2D eigenvalue weighted by Gasteiger charge is 2.21. The lowest BCUT2D eigenvalue weighted by Crippen LogP contribution is -2.38. The highest BCUT2D eigenvalue weighted by Crippen LogP contribution is 2.19. The molecule has 1 amide bonds. The third kappa shape index (κ3) is 3.17. The lowest BCUT2D eigenvalue weighted by atomic mass is 9.96. The molecule has 0 saturated carbocycles. The van der Waals surface area contributed by atoms with Crippen LogP contribution in [0.3, 0.4) is 0 Å². The van der Waals surface area contributed by atoms with Gasteiger partial charge in [-0.3, -0.25) is 15.6 Å². The highest BCUT2D eigenvalue weighted by atomic mass is 19.1. The van der Waals surface area contributed by atoms with Crippen molar-refractivity contribution in [3.63, 3.8) is 0 Å². The molecule has 0 aliphatic heterocycles. The Morgan fingerprint density at radius 2 is 1.89 bits per heavy atom. The van der Waals surface area contributed by atoms with Crippen LogP contribution in [0.1, 0.15) is 26.3 Å². The summed E-state index contributed by atoms with van der Waals surface area (Å²) in [6, 6.07) is 3.10. The van der Waals surface area contributed by atoms with E-state index in [1.165, 1.54) is 6.07 Å². The van der Waals surface area contributed by atoms with Crippen LogP contribution in [-0.4, -0.2) is 5.91 Å². The second-order valence-corrected chi connectivity index (χ2v) is 4.75. The van der Waals surface area contributed by atoms with Crippen LogP contribution in [0.25, 0.3) is 0 Å². The summed E-state index contributed by atoms with van der Waals surface area (Å²) in [6.07, 6.45) is 0. The van der Waals surface area contributed by atoms with Gasteiger partial charge in [-0.2, -0.15) is 5.26 Å². The number of hydrazine groups is 1. The van der Waals surface area contributed by atoms with Gasteiger partial charge in [0.2, 0.25) is 5.91 Å². The van der Waals surface area contributed by atoms with E-state index in [1.807, 2.05) is 0 Å². The van der Waals surface area contributed by atoms with Gasteiger partial charge in [-0.1, -0.05) is 20.8 Å². The maximum atomic E-state index is 13.4. The van der Waals surface area contributed by atoms with Crippen LogP contribution in [0.15, 0.2) is 12.1 Å². The molecule has 0 aliphatic rings. The summed E-state index contributed by atoms with van der Waals surface area (Å²) in [5.74, 6) is -2.04. The van der Waals surface area contributed by atoms with E-state index in [0.29, 0.717) is 0 Å². The van der Waals surface area contributed by atoms with E-state index in [-0.39, 0.29) is 17.2 Å². The fourth-order valence-electron chi connectivity index (χ4n) is 1.04. The van der Waals surface area contributed by atoms with E-state index in [2.05, 4.69) is 10.9 Å². The van der Waals surface area contributed by atoms with Crippen molar-refractivity contribution in [3.8, 4) is 6.07 Å². The molecule has 0 atom stereocenters. The number of nitrogens with one attached hydrogen (secondary N) is 2. The molecule has 6 heteroatoms. The summed E-state index contributed by atoms with van der Waals surface area (Å²) < 4.78 is 26.7. The van der Waals surface area contributed by atoms with Crippen molar-refractivity contribution in [2.24, 2.45) is 5.41 Å². The van der Waals surface area contributed by atoms with Gasteiger partial charge in [0.15, 0.2) is 0 Å². The number of hydrogen-bond acceptors (Lipinski definition) is 3. The molecule has 0 bridgehead atoms. The Morgan fingerprint density at radius 1 is 1.28 bits per heavy atom. The van der Waals surface area contributed by atoms with Crippen molar-refractivity contribution in [1.82, 2.24) is 5.43 Å². The van der Waals surface area contributed by atoms with E-state index in [1.54, 1.807) is 20.8 Å². The molecule has 1 aromatic rings. The largest absolute Gasteiger partial charge is 0.296 e. The van der Waals surface area contributed by atoms with Crippen molar-refractivity contribution in [3.05, 3.63) is 29.3 Å². The summed E-state index contributed by atoms with van der Waals surface area (Å²) in [5.41, 5.74) is 3.27. The third-order valence-electron chi connectivity index (χ3n) is 2.17. The molecule has 1 aromatic carbocycles. The number of amides is 1. The van der Waals surface area contributed by atoms with Crippen molar-refractivity contribution >= 4 is 11.6 Å². The molecule has 4 nitrogen and oxygen atoms in total. The Balaban J connectivity index is 2.85. The quantitative estimate of drug-likeness (QED) is 0.795. The van der Waals surface area contributed by atoms with E-state index in [0.717, 1.165) is 12.1 Å². The topological polar surface area (TPSA) is 64.9 Å². The van der Waals surface area contributed by atoms with Crippen molar-refractivity contribution in [2.75, 3.05) is 5.43 Å². The minimum Gasteiger partial charge on any atom is -0.296 e. The SMILES string of the molecule is CC(C)(C)C(=O)NNc1cc(F)c(C#N)cc1F. The van der Waals surface area contributed by atoms with Crippen molar-refractivity contribution < 1.29 is 13.6 Å². The minimum absolute atomic E-state index is 0.232. The van der Waals surface area contributed by atoms with Gasteiger partial charge in [-0.15, -0.1) is 0 Å². The Morgan fingerprint density at radius 3 is 2.39 bits per heavy atom. The molecule has 0 aromatic heterocycles. The summed E-state index contributed by atoms with van der Waals surface area (Å²) in [5, 5.41) is 8.51. The van der Waals surface area contributed by atoms with Crippen LogP contribution < -0.4 is 10.9 Å². The van der Waals surface area contributed by atoms with Crippen LogP contribution in [0.2, 0.25) is 0 Å². The molecular weight excluding hydrogens is 240 g/mol. The standard InChI is InChI=1S/C12H13F2N3O/c1-12(2,3)11(18)17-16-10-5-8(13)7(6-15)4-9(10)14/h4-5,16H,1-3H3,(H,17,18).